The molecule has 5 nitrogen and oxygen atoms in total. The van der Waals surface area contributed by atoms with Gasteiger partial charge in [-0.2, -0.15) is 114 Å². The second-order valence-electron chi connectivity index (χ2n) is 12.5. The molecule has 340 valence electrons. The summed E-state index contributed by atoms with van der Waals surface area (Å²) in [6, 6.07) is 0. The second-order valence-corrected chi connectivity index (χ2v) is 13.8. The number of quaternary nitrogens is 1. The highest BCUT2D eigenvalue weighted by molar-refractivity contribution is 8.00. The Kier molecular flexibility index (Phi) is 15.7. The van der Waals surface area contributed by atoms with Crippen molar-refractivity contribution in [1.29, 1.82) is 0 Å². The van der Waals surface area contributed by atoms with E-state index in [1.54, 1.807) is 0 Å². The molecule has 0 saturated carbocycles. The molecule has 0 fully saturated rings. The number of alkyl halides is 26. The molecule has 0 N–H and O–H groups in total. The molecule has 0 aromatic carbocycles. The predicted octanol–water partition coefficient (Wildman–Crippen LogP) is 9.53. The number of hydrogen-bond acceptors (Lipinski definition) is 5. The zero-order valence-electron chi connectivity index (χ0n) is 27.8. The molecule has 0 radical (unpaired) electrons. The first-order chi connectivity index (χ1) is 24.6. The van der Waals surface area contributed by atoms with E-state index in [-0.39, 0.29) is 28.5 Å². The summed E-state index contributed by atoms with van der Waals surface area (Å²) in [6.07, 6.45) is -23.2. The first-order valence-corrected chi connectivity index (χ1v) is 15.3. The Morgan fingerprint density at radius 3 is 1.07 bits per heavy atom. The summed E-state index contributed by atoms with van der Waals surface area (Å²) in [5, 5.41) is -2.27. The van der Waals surface area contributed by atoms with Crippen LogP contribution in [-0.2, 0) is 19.1 Å². The van der Waals surface area contributed by atoms with Crippen LogP contribution in [0.3, 0.4) is 0 Å². The molecule has 0 aliphatic rings. The molecular formula is C25H24F26NO4S+. The first kappa shape index (κ1) is 54.4. The summed E-state index contributed by atoms with van der Waals surface area (Å²) in [6.45, 7) is -4.75. The monoisotopic (exact) mass is 928 g/mol. The molecule has 32 heteroatoms. The van der Waals surface area contributed by atoms with E-state index in [1.165, 1.54) is 21.1 Å². The van der Waals surface area contributed by atoms with Crippen molar-refractivity contribution in [1.82, 2.24) is 0 Å². The smallest absolute Gasteiger partial charge is 0.460 e. The molecule has 1 unspecified atom stereocenters. The predicted molar refractivity (Wildman–Crippen MR) is 136 cm³/mol. The lowest BCUT2D eigenvalue weighted by Gasteiger charge is -2.39. The van der Waals surface area contributed by atoms with Gasteiger partial charge in [-0.25, -0.2) is 0 Å². The Hall–Kier alpha value is -2.57. The van der Waals surface area contributed by atoms with Gasteiger partial charge in [-0.05, 0) is 0 Å². The topological polar surface area (TPSA) is 52.6 Å². The molecule has 0 rings (SSSR count). The highest BCUT2D eigenvalue weighted by atomic mass is 32.2. The third-order valence-corrected chi connectivity index (χ3v) is 8.21. The number of ether oxygens (including phenoxy) is 2. The van der Waals surface area contributed by atoms with E-state index in [2.05, 4.69) is 9.47 Å². The summed E-state index contributed by atoms with van der Waals surface area (Å²) >= 11 is 0.165. The maximum atomic E-state index is 14.0. The maximum absolute atomic E-state index is 14.0. The van der Waals surface area contributed by atoms with Gasteiger partial charge in [0.2, 0.25) is 0 Å². The Balaban J connectivity index is 6.06. The minimum absolute atomic E-state index is 0.0331. The van der Waals surface area contributed by atoms with Gasteiger partial charge in [-0.1, -0.05) is 0 Å². The van der Waals surface area contributed by atoms with Gasteiger partial charge in [0, 0.05) is 5.75 Å². The van der Waals surface area contributed by atoms with E-state index in [9.17, 15) is 124 Å². The lowest BCUT2D eigenvalue weighted by molar-refractivity contribution is -0.867. The number of halogens is 26. The second kappa shape index (κ2) is 16.5. The van der Waals surface area contributed by atoms with Crippen LogP contribution in [0.15, 0.2) is 0 Å². The van der Waals surface area contributed by atoms with Crippen molar-refractivity contribution in [2.24, 2.45) is 0 Å². The zero-order valence-corrected chi connectivity index (χ0v) is 28.7. The van der Waals surface area contributed by atoms with Gasteiger partial charge in [0.25, 0.3) is 0 Å². The van der Waals surface area contributed by atoms with Crippen molar-refractivity contribution in [3.05, 3.63) is 0 Å². The summed E-state index contributed by atoms with van der Waals surface area (Å²) < 4.78 is 352. The highest BCUT2D eigenvalue weighted by Gasteiger charge is 2.92. The number of nitrogens with zero attached hydrogens (tertiary/aromatic N) is 1. The van der Waals surface area contributed by atoms with Crippen LogP contribution in [-0.4, -0.2) is 140 Å². The van der Waals surface area contributed by atoms with E-state index < -0.39 is 121 Å². The SMILES string of the molecule is C[N+](C)(C)CCSC(CC(=O)OCCC(F)(F)C(F)(F)C(F)(F)C(F)(F)C(F)(F)C(F)(F)F)C(=O)OCCC(F)(F)C(F)(F)C(F)(F)C(F)(F)C(F)(F)C(F)(F)F. The summed E-state index contributed by atoms with van der Waals surface area (Å²) in [5.41, 5.74) is 0. The van der Waals surface area contributed by atoms with Crippen LogP contribution in [0.2, 0.25) is 0 Å². The minimum atomic E-state index is -8.26. The molecule has 0 saturated heterocycles. The molecule has 0 aromatic heterocycles. The van der Waals surface area contributed by atoms with Crippen LogP contribution in [0.25, 0.3) is 0 Å². The molecule has 0 heterocycles. The average molecular weight is 928 g/mol. The largest absolute Gasteiger partial charge is 0.465 e. The van der Waals surface area contributed by atoms with E-state index in [4.69, 9.17) is 0 Å². The zero-order chi connectivity index (χ0) is 46.3. The lowest BCUT2D eigenvalue weighted by atomic mass is 9.93. The molecule has 0 aliphatic heterocycles. The van der Waals surface area contributed by atoms with E-state index in [1.807, 2.05) is 0 Å². The molecule has 1 atom stereocenters. The van der Waals surface area contributed by atoms with Crippen molar-refractivity contribution in [2.45, 2.75) is 96.1 Å². The fourth-order valence-electron chi connectivity index (χ4n) is 3.47. The van der Waals surface area contributed by atoms with Gasteiger partial charge in [0.15, 0.2) is 0 Å². The van der Waals surface area contributed by atoms with E-state index >= 15 is 0 Å². The first-order valence-electron chi connectivity index (χ1n) is 14.2. The van der Waals surface area contributed by atoms with Crippen LogP contribution >= 0.6 is 11.8 Å². The van der Waals surface area contributed by atoms with Crippen molar-refractivity contribution in [3.8, 4) is 0 Å². The number of rotatable bonds is 21. The number of carbonyl (C=O) groups excluding carboxylic acids is 2. The summed E-state index contributed by atoms with van der Waals surface area (Å²) in [4.78, 5) is 24.5. The highest BCUT2D eigenvalue weighted by Crippen LogP contribution is 2.62. The third-order valence-electron chi connectivity index (χ3n) is 7.03. The fourth-order valence-corrected chi connectivity index (χ4v) is 4.87. The van der Waals surface area contributed by atoms with Gasteiger partial charge in [0.1, 0.15) is 5.25 Å². The molecule has 0 aromatic rings. The molecule has 0 bridgehead atoms. The average Bonchev–Trinajstić information content (AvgIpc) is 2.97. The lowest BCUT2D eigenvalue weighted by Crippen LogP contribution is -2.70. The Labute approximate surface area is 304 Å². The molecular weight excluding hydrogens is 904 g/mol. The van der Waals surface area contributed by atoms with Crippen LogP contribution in [0.5, 0.6) is 0 Å². The normalized spacial score (nSPS) is 16.1. The Bertz CT molecular complexity index is 1390. The van der Waals surface area contributed by atoms with Gasteiger partial charge in [-0.15, -0.1) is 11.8 Å². The van der Waals surface area contributed by atoms with Crippen molar-refractivity contribution < 1.29 is 138 Å². The van der Waals surface area contributed by atoms with Crippen molar-refractivity contribution >= 4 is 23.7 Å². The maximum Gasteiger partial charge on any atom is 0.460 e. The van der Waals surface area contributed by atoms with E-state index in [0.29, 0.717) is 0 Å². The number of carbonyl (C=O) groups is 2. The van der Waals surface area contributed by atoms with Crippen LogP contribution in [0, 0.1) is 0 Å². The number of esters is 2. The van der Waals surface area contributed by atoms with Crippen molar-refractivity contribution in [2.75, 3.05) is 46.7 Å². The Morgan fingerprint density at radius 2 is 0.772 bits per heavy atom. The van der Waals surface area contributed by atoms with Crippen LogP contribution in [0.4, 0.5) is 114 Å². The van der Waals surface area contributed by atoms with Crippen LogP contribution < -0.4 is 0 Å². The molecule has 0 spiro atoms. The van der Waals surface area contributed by atoms with Gasteiger partial charge < -0.3 is 14.0 Å². The number of thioether (sulfide) groups is 1. The molecule has 0 aliphatic carbocycles. The van der Waals surface area contributed by atoms with Gasteiger partial charge in [-0.3, -0.25) is 9.59 Å². The van der Waals surface area contributed by atoms with Crippen LogP contribution in [0.1, 0.15) is 19.3 Å². The molecule has 0 amide bonds. The summed E-state index contributed by atoms with van der Waals surface area (Å²) in [7, 11) is 4.32. The van der Waals surface area contributed by atoms with Crippen molar-refractivity contribution in [3.63, 3.8) is 0 Å². The standard InChI is InChI=1S/C25H24F26NO4S/c1-52(2,3)6-9-57-11(13(54)56-8-5-15(28,29)17(32,33)19(36,37)21(40,41)23(44,45)25(49,50)51)10-12(53)55-7-4-14(26,27)16(30,31)18(34,35)20(38,39)22(42,43)24(46,47)48/h11H,4-10H2,1-3H3/q+1. The fraction of sp³-hybridized carbons (Fsp3) is 0.920. The minimum Gasteiger partial charge on any atom is -0.465 e. The van der Waals surface area contributed by atoms with Gasteiger partial charge in [0.05, 0.1) is 60.2 Å². The third kappa shape index (κ3) is 10.4. The number of hydrogen-bond donors (Lipinski definition) is 0. The Morgan fingerprint density at radius 1 is 0.474 bits per heavy atom. The van der Waals surface area contributed by atoms with Gasteiger partial charge >= 0.3 is 83.5 Å². The summed E-state index contributed by atoms with van der Waals surface area (Å²) in [5.74, 6) is -82.7. The quantitative estimate of drug-likeness (QED) is 0.0653. The molecule has 57 heavy (non-hydrogen) atoms. The van der Waals surface area contributed by atoms with E-state index in [0.717, 1.165) is 0 Å².